The lowest BCUT2D eigenvalue weighted by molar-refractivity contribution is -0.120. The predicted molar refractivity (Wildman–Crippen MR) is 76.4 cm³/mol. The molecule has 1 saturated carbocycles. The van der Waals surface area contributed by atoms with Gasteiger partial charge < -0.3 is 11.5 Å². The number of benzene rings is 1. The predicted octanol–water partition coefficient (Wildman–Crippen LogP) is 1.56. The van der Waals surface area contributed by atoms with Gasteiger partial charge in [-0.25, -0.2) is 4.39 Å². The first-order chi connectivity index (χ1) is 9.63. The third kappa shape index (κ3) is 3.35. The summed E-state index contributed by atoms with van der Waals surface area (Å²) >= 11 is 0. The van der Waals surface area contributed by atoms with Crippen molar-refractivity contribution in [3.8, 4) is 0 Å². The van der Waals surface area contributed by atoms with Gasteiger partial charge in [0.05, 0.1) is 12.6 Å². The lowest BCUT2D eigenvalue weighted by Crippen LogP contribution is -2.45. The molecular formula is C15H22FN3O. The SMILES string of the molecule is NCC(c1ccccc1F)N(CC(N)=O)C1CCCC1. The van der Waals surface area contributed by atoms with Gasteiger partial charge in [-0.05, 0) is 18.9 Å². The van der Waals surface area contributed by atoms with Crippen molar-refractivity contribution >= 4 is 5.91 Å². The van der Waals surface area contributed by atoms with Gasteiger partial charge in [-0.15, -0.1) is 0 Å². The van der Waals surface area contributed by atoms with Gasteiger partial charge in [-0.3, -0.25) is 9.69 Å². The first-order valence-corrected chi connectivity index (χ1v) is 7.12. The van der Waals surface area contributed by atoms with Crippen LogP contribution in [-0.4, -0.2) is 29.9 Å². The summed E-state index contributed by atoms with van der Waals surface area (Å²) in [4.78, 5) is 13.3. The van der Waals surface area contributed by atoms with Crippen LogP contribution in [0.1, 0.15) is 37.3 Å². The van der Waals surface area contributed by atoms with E-state index in [1.54, 1.807) is 18.2 Å². The van der Waals surface area contributed by atoms with Crippen molar-refractivity contribution in [2.24, 2.45) is 11.5 Å². The summed E-state index contributed by atoms with van der Waals surface area (Å²) in [7, 11) is 0. The molecule has 4 N–H and O–H groups in total. The van der Waals surface area contributed by atoms with E-state index in [1.165, 1.54) is 6.07 Å². The van der Waals surface area contributed by atoms with Gasteiger partial charge in [-0.2, -0.15) is 0 Å². The summed E-state index contributed by atoms with van der Waals surface area (Å²) in [5, 5.41) is 0. The Morgan fingerprint density at radius 2 is 2.00 bits per heavy atom. The van der Waals surface area contributed by atoms with E-state index in [0.29, 0.717) is 5.56 Å². The molecule has 5 heteroatoms. The minimum atomic E-state index is -0.397. The van der Waals surface area contributed by atoms with Crippen molar-refractivity contribution in [2.75, 3.05) is 13.1 Å². The summed E-state index contributed by atoms with van der Waals surface area (Å²) in [6, 6.07) is 6.56. The van der Waals surface area contributed by atoms with Gasteiger partial charge in [0.2, 0.25) is 5.91 Å². The molecule has 1 aromatic carbocycles. The molecule has 0 saturated heterocycles. The molecule has 0 radical (unpaired) electrons. The standard InChI is InChI=1S/C15H22FN3O/c16-13-8-4-3-7-12(13)14(9-17)19(10-15(18)20)11-5-1-2-6-11/h3-4,7-8,11,14H,1-2,5-6,9-10,17H2,(H2,18,20). The summed E-state index contributed by atoms with van der Waals surface area (Å²) < 4.78 is 14.0. The van der Waals surface area contributed by atoms with Crippen LogP contribution in [-0.2, 0) is 4.79 Å². The molecule has 110 valence electrons. The van der Waals surface area contributed by atoms with Crippen molar-refractivity contribution in [1.82, 2.24) is 4.90 Å². The Morgan fingerprint density at radius 3 is 2.55 bits per heavy atom. The quantitative estimate of drug-likeness (QED) is 0.830. The largest absolute Gasteiger partial charge is 0.369 e. The molecule has 1 aromatic rings. The van der Waals surface area contributed by atoms with E-state index in [-0.39, 0.29) is 31.0 Å². The van der Waals surface area contributed by atoms with Crippen molar-refractivity contribution in [3.05, 3.63) is 35.6 Å². The number of hydrogen-bond acceptors (Lipinski definition) is 3. The molecule has 0 aliphatic heterocycles. The van der Waals surface area contributed by atoms with Crippen molar-refractivity contribution < 1.29 is 9.18 Å². The van der Waals surface area contributed by atoms with Crippen LogP contribution in [0, 0.1) is 5.82 Å². The molecule has 1 aliphatic rings. The molecule has 20 heavy (non-hydrogen) atoms. The Balaban J connectivity index is 2.28. The molecule has 2 rings (SSSR count). The highest BCUT2D eigenvalue weighted by Gasteiger charge is 2.31. The molecule has 4 nitrogen and oxygen atoms in total. The number of nitrogens with two attached hydrogens (primary N) is 2. The average molecular weight is 279 g/mol. The van der Waals surface area contributed by atoms with Crippen molar-refractivity contribution in [2.45, 2.75) is 37.8 Å². The first-order valence-electron chi connectivity index (χ1n) is 7.12. The fourth-order valence-electron chi connectivity index (χ4n) is 3.10. The lowest BCUT2D eigenvalue weighted by atomic mass is 10.0. The fourth-order valence-corrected chi connectivity index (χ4v) is 3.10. The van der Waals surface area contributed by atoms with Crippen LogP contribution in [0.3, 0.4) is 0 Å². The number of rotatable bonds is 6. The van der Waals surface area contributed by atoms with Crippen LogP contribution in [0.15, 0.2) is 24.3 Å². The Kier molecular flexibility index (Phi) is 5.09. The number of halogens is 1. The Bertz CT molecular complexity index is 460. The van der Waals surface area contributed by atoms with Crippen LogP contribution in [0.2, 0.25) is 0 Å². The maximum absolute atomic E-state index is 14.0. The van der Waals surface area contributed by atoms with Crippen LogP contribution < -0.4 is 11.5 Å². The highest BCUT2D eigenvalue weighted by atomic mass is 19.1. The Labute approximate surface area is 118 Å². The van der Waals surface area contributed by atoms with Gasteiger partial charge in [-0.1, -0.05) is 31.0 Å². The molecule has 1 unspecified atom stereocenters. The van der Waals surface area contributed by atoms with E-state index >= 15 is 0 Å². The molecule has 1 atom stereocenters. The molecule has 1 amide bonds. The van der Waals surface area contributed by atoms with Crippen LogP contribution in [0.4, 0.5) is 4.39 Å². The van der Waals surface area contributed by atoms with Crippen LogP contribution in [0.25, 0.3) is 0 Å². The molecule has 0 heterocycles. The third-order valence-electron chi connectivity index (χ3n) is 4.02. The zero-order valence-corrected chi connectivity index (χ0v) is 11.6. The number of nitrogens with zero attached hydrogens (tertiary/aromatic N) is 1. The maximum atomic E-state index is 14.0. The molecular weight excluding hydrogens is 257 g/mol. The molecule has 1 aliphatic carbocycles. The Hall–Kier alpha value is -1.46. The van der Waals surface area contributed by atoms with E-state index < -0.39 is 5.91 Å². The smallest absolute Gasteiger partial charge is 0.231 e. The Morgan fingerprint density at radius 1 is 1.35 bits per heavy atom. The van der Waals surface area contributed by atoms with Gasteiger partial charge in [0.15, 0.2) is 0 Å². The zero-order valence-electron chi connectivity index (χ0n) is 11.6. The fraction of sp³-hybridized carbons (Fsp3) is 0.533. The summed E-state index contributed by atoms with van der Waals surface area (Å²) in [5.41, 5.74) is 11.8. The van der Waals surface area contributed by atoms with E-state index in [2.05, 4.69) is 0 Å². The van der Waals surface area contributed by atoms with Crippen LogP contribution in [0.5, 0.6) is 0 Å². The second kappa shape index (κ2) is 6.81. The summed E-state index contributed by atoms with van der Waals surface area (Å²) in [6.07, 6.45) is 4.29. The summed E-state index contributed by atoms with van der Waals surface area (Å²) in [5.74, 6) is -0.679. The minimum Gasteiger partial charge on any atom is -0.369 e. The monoisotopic (exact) mass is 279 g/mol. The zero-order chi connectivity index (χ0) is 14.5. The maximum Gasteiger partial charge on any atom is 0.231 e. The van der Waals surface area contributed by atoms with E-state index in [4.69, 9.17) is 11.5 Å². The lowest BCUT2D eigenvalue weighted by Gasteiger charge is -2.35. The highest BCUT2D eigenvalue weighted by Crippen LogP contribution is 2.31. The normalized spacial score (nSPS) is 17.6. The van der Waals surface area contributed by atoms with Gasteiger partial charge in [0.1, 0.15) is 5.82 Å². The van der Waals surface area contributed by atoms with Crippen LogP contribution >= 0.6 is 0 Å². The second-order valence-electron chi connectivity index (χ2n) is 5.35. The van der Waals surface area contributed by atoms with E-state index in [0.717, 1.165) is 25.7 Å². The second-order valence-corrected chi connectivity index (χ2v) is 5.35. The van der Waals surface area contributed by atoms with Crippen molar-refractivity contribution in [3.63, 3.8) is 0 Å². The molecule has 0 aromatic heterocycles. The number of carbonyl (C=O) groups excluding carboxylic acids is 1. The van der Waals surface area contributed by atoms with Gasteiger partial charge >= 0.3 is 0 Å². The average Bonchev–Trinajstić information content (AvgIpc) is 2.94. The first kappa shape index (κ1) is 14.9. The highest BCUT2D eigenvalue weighted by molar-refractivity contribution is 5.76. The minimum absolute atomic E-state index is 0.126. The number of carbonyl (C=O) groups is 1. The van der Waals surface area contributed by atoms with E-state index in [1.807, 2.05) is 4.90 Å². The number of hydrogen-bond donors (Lipinski definition) is 2. The third-order valence-corrected chi connectivity index (χ3v) is 4.02. The summed E-state index contributed by atoms with van der Waals surface area (Å²) in [6.45, 7) is 0.394. The topological polar surface area (TPSA) is 72.3 Å². The number of amides is 1. The van der Waals surface area contributed by atoms with E-state index in [9.17, 15) is 9.18 Å². The van der Waals surface area contributed by atoms with Crippen molar-refractivity contribution in [1.29, 1.82) is 0 Å². The molecule has 1 fully saturated rings. The van der Waals surface area contributed by atoms with Gasteiger partial charge in [0, 0.05) is 18.2 Å². The molecule has 0 bridgehead atoms. The van der Waals surface area contributed by atoms with Gasteiger partial charge in [0.25, 0.3) is 0 Å². The molecule has 0 spiro atoms. The number of primary amides is 1.